The third-order valence-electron chi connectivity index (χ3n) is 7.26. The Labute approximate surface area is 231 Å². The topological polar surface area (TPSA) is 96.0 Å². The molecular weight excluding hydrogens is 518 g/mol. The molecule has 3 aromatic carbocycles. The molecule has 3 aromatic rings. The molecule has 5 rings (SSSR count). The number of hydrogen-bond donors (Lipinski definition) is 1. The van der Waals surface area contributed by atoms with Gasteiger partial charge in [-0.3, -0.25) is 14.4 Å². The largest absolute Gasteiger partial charge is 0.433 e. The zero-order valence-corrected chi connectivity index (χ0v) is 22.7. The Morgan fingerprint density at radius 3 is 2.33 bits per heavy atom. The summed E-state index contributed by atoms with van der Waals surface area (Å²) in [6.07, 6.45) is -1.05. The third kappa shape index (κ3) is 4.55. The Bertz CT molecular complexity index is 1490. The van der Waals surface area contributed by atoms with Crippen molar-refractivity contribution in [3.8, 4) is 0 Å². The van der Waals surface area contributed by atoms with Crippen LogP contribution in [0.25, 0.3) is 0 Å². The minimum atomic E-state index is -1.79. The second-order valence-electron chi connectivity index (χ2n) is 10.3. The third-order valence-corrected chi connectivity index (χ3v) is 7.59. The Balaban J connectivity index is 1.63. The van der Waals surface area contributed by atoms with Crippen LogP contribution in [0.1, 0.15) is 42.5 Å². The summed E-state index contributed by atoms with van der Waals surface area (Å²) in [4.78, 5) is 57.5. The average molecular weight is 546 g/mol. The van der Waals surface area contributed by atoms with Crippen molar-refractivity contribution >= 4 is 46.7 Å². The van der Waals surface area contributed by atoms with E-state index in [1.54, 1.807) is 18.2 Å². The van der Waals surface area contributed by atoms with Crippen molar-refractivity contribution < 1.29 is 23.9 Å². The lowest BCUT2D eigenvalue weighted by molar-refractivity contribution is -0.143. The molecule has 39 heavy (non-hydrogen) atoms. The lowest BCUT2D eigenvalue weighted by Crippen LogP contribution is -2.54. The number of nitrogens with zero attached hydrogens (tertiary/aromatic N) is 2. The van der Waals surface area contributed by atoms with E-state index in [4.69, 9.17) is 16.3 Å². The van der Waals surface area contributed by atoms with Crippen LogP contribution in [0.15, 0.2) is 72.8 Å². The first kappa shape index (κ1) is 26.4. The lowest BCUT2D eigenvalue weighted by atomic mass is 9.83. The number of carbonyl (C=O) groups excluding carboxylic acids is 4. The highest BCUT2D eigenvalue weighted by atomic mass is 35.5. The van der Waals surface area contributed by atoms with Crippen LogP contribution in [0, 0.1) is 6.92 Å². The highest BCUT2D eigenvalue weighted by molar-refractivity contribution is 6.34. The maximum absolute atomic E-state index is 14.6. The van der Waals surface area contributed by atoms with Gasteiger partial charge in [-0.25, -0.2) is 9.69 Å². The molecule has 200 valence electrons. The van der Waals surface area contributed by atoms with Crippen LogP contribution in [0.5, 0.6) is 0 Å². The van der Waals surface area contributed by atoms with Crippen molar-refractivity contribution in [3.63, 3.8) is 0 Å². The van der Waals surface area contributed by atoms with Crippen LogP contribution >= 0.6 is 11.6 Å². The van der Waals surface area contributed by atoms with E-state index in [0.717, 1.165) is 16.8 Å². The van der Waals surface area contributed by atoms with Gasteiger partial charge in [-0.05, 0) is 55.7 Å². The van der Waals surface area contributed by atoms with Gasteiger partial charge in [0.1, 0.15) is 0 Å². The number of para-hydroxylation sites is 1. The number of ether oxygens (including phenoxy) is 1. The molecule has 0 radical (unpaired) electrons. The van der Waals surface area contributed by atoms with Crippen molar-refractivity contribution in [1.82, 2.24) is 4.90 Å². The van der Waals surface area contributed by atoms with E-state index in [9.17, 15) is 19.2 Å². The van der Waals surface area contributed by atoms with Crippen molar-refractivity contribution in [2.45, 2.75) is 44.4 Å². The molecule has 3 atom stereocenters. The fraction of sp³-hybridized carbons (Fsp3) is 0.267. The molecule has 2 heterocycles. The summed E-state index contributed by atoms with van der Waals surface area (Å²) in [5, 5.41) is 2.94. The molecule has 0 aliphatic carbocycles. The number of carbonyl (C=O) groups is 4. The minimum Gasteiger partial charge on any atom is -0.433 e. The molecule has 9 heteroatoms. The number of rotatable bonds is 6. The summed E-state index contributed by atoms with van der Waals surface area (Å²) in [5.41, 5.74) is 1.94. The Hall–Kier alpha value is -4.17. The normalized spacial score (nSPS) is 20.4. The number of amides is 3. The van der Waals surface area contributed by atoms with Gasteiger partial charge >= 0.3 is 6.09 Å². The molecule has 0 saturated carbocycles. The van der Waals surface area contributed by atoms with Crippen LogP contribution in [0.3, 0.4) is 0 Å². The van der Waals surface area contributed by atoms with E-state index in [-0.39, 0.29) is 10.7 Å². The number of fused-ring (bicyclic) bond motifs is 1. The molecule has 0 bridgehead atoms. The number of anilines is 2. The van der Waals surface area contributed by atoms with Crippen molar-refractivity contribution in [2.24, 2.45) is 0 Å². The van der Waals surface area contributed by atoms with Crippen molar-refractivity contribution in [2.75, 3.05) is 17.3 Å². The zero-order chi connectivity index (χ0) is 28.1. The average Bonchev–Trinajstić information content (AvgIpc) is 3.31. The van der Waals surface area contributed by atoms with Gasteiger partial charge in [-0.1, -0.05) is 66.2 Å². The van der Waals surface area contributed by atoms with E-state index in [1.165, 1.54) is 13.8 Å². The summed E-state index contributed by atoms with van der Waals surface area (Å²) in [6, 6.07) is 19.7. The van der Waals surface area contributed by atoms with Gasteiger partial charge in [0, 0.05) is 12.7 Å². The molecule has 3 unspecified atom stereocenters. The molecule has 2 aliphatic heterocycles. The number of aryl methyl sites for hydroxylation is 1. The highest BCUT2D eigenvalue weighted by Gasteiger charge is 2.56. The fourth-order valence-electron chi connectivity index (χ4n) is 5.38. The Morgan fingerprint density at radius 2 is 1.67 bits per heavy atom. The van der Waals surface area contributed by atoms with Crippen LogP contribution in [0.4, 0.5) is 16.2 Å². The number of halogens is 1. The minimum absolute atomic E-state index is 0.254. The van der Waals surface area contributed by atoms with Gasteiger partial charge in [-0.15, -0.1) is 0 Å². The smallest absolute Gasteiger partial charge is 0.418 e. The number of nitrogens with one attached hydrogen (secondary N) is 1. The summed E-state index contributed by atoms with van der Waals surface area (Å²) >= 11 is 6.32. The number of hydrogen-bond acceptors (Lipinski definition) is 6. The highest BCUT2D eigenvalue weighted by Crippen LogP contribution is 2.49. The van der Waals surface area contributed by atoms with Gasteiger partial charge in [-0.2, -0.15) is 0 Å². The zero-order valence-electron chi connectivity index (χ0n) is 22.0. The van der Waals surface area contributed by atoms with Gasteiger partial charge in [0.05, 0.1) is 22.7 Å². The second kappa shape index (κ2) is 9.85. The van der Waals surface area contributed by atoms with E-state index in [0.29, 0.717) is 10.5 Å². The predicted molar refractivity (Wildman–Crippen MR) is 148 cm³/mol. The first-order valence-corrected chi connectivity index (χ1v) is 12.9. The molecule has 3 amide bonds. The first-order chi connectivity index (χ1) is 18.5. The van der Waals surface area contributed by atoms with Crippen LogP contribution in [-0.2, 0) is 19.1 Å². The molecular formula is C30H28ClN3O5. The van der Waals surface area contributed by atoms with Gasteiger partial charge in [0.25, 0.3) is 11.8 Å². The van der Waals surface area contributed by atoms with Crippen molar-refractivity contribution in [3.05, 3.63) is 94.5 Å². The maximum atomic E-state index is 14.6. The summed E-state index contributed by atoms with van der Waals surface area (Å²) in [5.74, 6) is -3.09. The molecule has 2 aliphatic rings. The molecule has 0 aromatic heterocycles. The second-order valence-corrected chi connectivity index (χ2v) is 10.7. The summed E-state index contributed by atoms with van der Waals surface area (Å²) < 4.78 is 5.28. The maximum Gasteiger partial charge on any atom is 0.418 e. The molecule has 8 nitrogen and oxygen atoms in total. The number of cyclic esters (lactones) is 1. The monoisotopic (exact) mass is 545 g/mol. The number of benzene rings is 3. The Morgan fingerprint density at radius 1 is 1.00 bits per heavy atom. The fourth-order valence-corrected chi connectivity index (χ4v) is 5.54. The first-order valence-electron chi connectivity index (χ1n) is 12.6. The van der Waals surface area contributed by atoms with Gasteiger partial charge in [0.15, 0.2) is 17.4 Å². The number of likely N-dealkylation sites (N-methyl/N-ethyl adjacent to an activating group) is 1. The van der Waals surface area contributed by atoms with E-state index < -0.39 is 47.3 Å². The Kier molecular flexibility index (Phi) is 6.68. The molecule has 1 saturated heterocycles. The van der Waals surface area contributed by atoms with Gasteiger partial charge in [0.2, 0.25) is 0 Å². The molecule has 0 spiro atoms. The predicted octanol–water partition coefficient (Wildman–Crippen LogP) is 5.26. The van der Waals surface area contributed by atoms with E-state index in [2.05, 4.69) is 5.32 Å². The number of Topliss-reactive ketones (excluding diaryl/α,β-unsaturated/α-hetero) is 1. The van der Waals surface area contributed by atoms with Crippen LogP contribution in [0.2, 0.25) is 5.02 Å². The van der Waals surface area contributed by atoms with E-state index in [1.807, 2.05) is 73.5 Å². The van der Waals surface area contributed by atoms with Crippen LogP contribution in [-0.4, -0.2) is 47.3 Å². The quantitative estimate of drug-likeness (QED) is 0.425. The molecule has 1 fully saturated rings. The number of ketones is 1. The standard InChI is InChI=1S/C30H28ClN3O5/c1-17-14-15-20(31)21(16-17)32-27(36)25(34-28(37)30(2,3)39-29(34)38)26(35)23-19-12-8-9-13-22(19)33(4)24(23)18-10-6-5-7-11-18/h5-16,23-25H,1-4H3,(H,32,36). The summed E-state index contributed by atoms with van der Waals surface area (Å²) in [6.45, 7) is 4.68. The van der Waals surface area contributed by atoms with E-state index >= 15 is 0 Å². The van der Waals surface area contributed by atoms with Crippen LogP contribution < -0.4 is 10.2 Å². The lowest BCUT2D eigenvalue weighted by Gasteiger charge is -2.30. The van der Waals surface area contributed by atoms with Gasteiger partial charge < -0.3 is 15.0 Å². The molecule has 1 N–H and O–H groups in total. The SMILES string of the molecule is Cc1ccc(Cl)c(NC(=O)C(C(=O)C2c3ccccc3N(C)C2c2ccccc2)N2C(=O)OC(C)(C)C2=O)c1. The number of imide groups is 1. The van der Waals surface area contributed by atoms with Crippen molar-refractivity contribution in [1.29, 1.82) is 0 Å². The summed E-state index contributed by atoms with van der Waals surface area (Å²) in [7, 11) is 1.88.